The minimum absolute atomic E-state index is 0. The number of nitrogens with one attached hydrogen (secondary N) is 1. The summed E-state index contributed by atoms with van der Waals surface area (Å²) in [5.74, 6) is -1.92. The number of amides is 1. The molecule has 1 aromatic heterocycles. The Kier molecular flexibility index (Phi) is 9.63. The number of aromatic nitrogens is 2. The van der Waals surface area contributed by atoms with E-state index in [1.807, 2.05) is 0 Å². The zero-order chi connectivity index (χ0) is 20.3. The van der Waals surface area contributed by atoms with Crippen LogP contribution in [0.1, 0.15) is 28.1 Å². The van der Waals surface area contributed by atoms with Crippen LogP contribution in [0.3, 0.4) is 0 Å². The van der Waals surface area contributed by atoms with Crippen LogP contribution < -0.4 is 34.0 Å². The standard InChI is InChI=1S/C18H10Cl3N3O4.CH4.Li/c19-9-1-3-11(13(20)5-9)17(25)23-14-4-2-10(6-12(14)18(26)27)28-16-8-22-7-15(21)24-16;;/h1-8H,(H,23,25)(H,26,27);1H4;/q;;+1/p-1. The van der Waals surface area contributed by atoms with Gasteiger partial charge in [-0.25, -0.2) is 0 Å². The fourth-order valence-electron chi connectivity index (χ4n) is 2.22. The van der Waals surface area contributed by atoms with Gasteiger partial charge in [-0.2, -0.15) is 4.98 Å². The number of halogens is 3. The molecule has 1 amide bonds. The van der Waals surface area contributed by atoms with Gasteiger partial charge in [0.2, 0.25) is 5.88 Å². The van der Waals surface area contributed by atoms with Crippen molar-refractivity contribution in [3.63, 3.8) is 0 Å². The fraction of sp³-hybridized carbons (Fsp3) is 0.0526. The molecule has 7 nitrogen and oxygen atoms in total. The predicted molar refractivity (Wildman–Crippen MR) is 109 cm³/mol. The number of carbonyl (C=O) groups is 2. The molecule has 0 atom stereocenters. The molecule has 11 heteroatoms. The molecule has 0 aliphatic rings. The Balaban J connectivity index is 0.00000225. The maximum Gasteiger partial charge on any atom is 1.00 e. The van der Waals surface area contributed by atoms with E-state index in [0.717, 1.165) is 0 Å². The van der Waals surface area contributed by atoms with Crippen molar-refractivity contribution in [2.45, 2.75) is 7.43 Å². The molecule has 0 unspecified atom stereocenters. The van der Waals surface area contributed by atoms with Crippen molar-refractivity contribution in [1.82, 2.24) is 9.97 Å². The Morgan fingerprint density at radius 2 is 1.73 bits per heavy atom. The van der Waals surface area contributed by atoms with Crippen LogP contribution in [-0.4, -0.2) is 21.8 Å². The molecule has 0 fully saturated rings. The number of carboxylic acids is 1. The number of anilines is 1. The van der Waals surface area contributed by atoms with E-state index in [-0.39, 0.29) is 64.9 Å². The summed E-state index contributed by atoms with van der Waals surface area (Å²) in [6.07, 6.45) is 2.63. The number of rotatable bonds is 5. The summed E-state index contributed by atoms with van der Waals surface area (Å²) in [6, 6.07) is 8.28. The molecule has 30 heavy (non-hydrogen) atoms. The molecular formula is C19H13Cl3LiN3O4. The van der Waals surface area contributed by atoms with Gasteiger partial charge in [-0.1, -0.05) is 42.2 Å². The summed E-state index contributed by atoms with van der Waals surface area (Å²) in [5, 5.41) is 14.6. The van der Waals surface area contributed by atoms with E-state index in [9.17, 15) is 14.7 Å². The molecule has 0 aliphatic carbocycles. The van der Waals surface area contributed by atoms with Crippen molar-refractivity contribution < 1.29 is 38.3 Å². The van der Waals surface area contributed by atoms with Crippen LogP contribution in [0.4, 0.5) is 5.69 Å². The van der Waals surface area contributed by atoms with Gasteiger partial charge in [0.15, 0.2) is 5.15 Å². The molecule has 3 aromatic rings. The minimum atomic E-state index is -1.51. The van der Waals surface area contributed by atoms with Crippen molar-refractivity contribution in [3.05, 3.63) is 75.1 Å². The molecule has 2 aromatic carbocycles. The van der Waals surface area contributed by atoms with Crippen LogP contribution in [0.2, 0.25) is 15.2 Å². The van der Waals surface area contributed by atoms with E-state index >= 15 is 0 Å². The first-order valence-electron chi connectivity index (χ1n) is 7.60. The predicted octanol–water partition coefficient (Wildman–Crippen LogP) is 1.48. The van der Waals surface area contributed by atoms with E-state index < -0.39 is 11.9 Å². The van der Waals surface area contributed by atoms with Crippen molar-refractivity contribution >= 4 is 52.4 Å². The van der Waals surface area contributed by atoms with Crippen molar-refractivity contribution in [1.29, 1.82) is 0 Å². The topological polar surface area (TPSA) is 104 Å². The second-order valence-electron chi connectivity index (χ2n) is 5.36. The van der Waals surface area contributed by atoms with Crippen LogP contribution >= 0.6 is 34.8 Å². The van der Waals surface area contributed by atoms with Crippen molar-refractivity contribution in [2.75, 3.05) is 5.32 Å². The Bertz CT molecular complexity index is 1080. The van der Waals surface area contributed by atoms with Crippen LogP contribution in [0, 0.1) is 0 Å². The van der Waals surface area contributed by atoms with Gasteiger partial charge in [0.05, 0.1) is 34.6 Å². The van der Waals surface area contributed by atoms with Gasteiger partial charge in [0.1, 0.15) is 5.75 Å². The van der Waals surface area contributed by atoms with Crippen molar-refractivity contribution in [3.8, 4) is 11.6 Å². The molecular weight excluding hydrogens is 448 g/mol. The van der Waals surface area contributed by atoms with Gasteiger partial charge in [-0.3, -0.25) is 9.78 Å². The first kappa shape index (κ1) is 25.8. The molecule has 0 saturated heterocycles. The van der Waals surface area contributed by atoms with Crippen LogP contribution in [-0.2, 0) is 0 Å². The number of nitrogens with zero attached hydrogens (tertiary/aromatic N) is 2. The first-order chi connectivity index (χ1) is 13.3. The summed E-state index contributed by atoms with van der Waals surface area (Å²) in [4.78, 5) is 31.6. The van der Waals surface area contributed by atoms with Gasteiger partial charge in [0.25, 0.3) is 5.91 Å². The maximum absolute atomic E-state index is 12.4. The first-order valence-corrected chi connectivity index (χ1v) is 8.74. The van der Waals surface area contributed by atoms with Gasteiger partial charge in [0, 0.05) is 10.6 Å². The molecule has 1 heterocycles. The van der Waals surface area contributed by atoms with E-state index in [2.05, 4.69) is 15.3 Å². The zero-order valence-electron chi connectivity index (χ0n) is 14.8. The Hall–Kier alpha value is -2.27. The molecule has 0 radical (unpaired) electrons. The van der Waals surface area contributed by atoms with Gasteiger partial charge in [-0.15, -0.1) is 0 Å². The average molecular weight is 461 g/mol. The number of benzene rings is 2. The zero-order valence-corrected chi connectivity index (χ0v) is 17.0. The second-order valence-corrected chi connectivity index (χ2v) is 6.59. The molecule has 3 rings (SSSR count). The molecule has 0 bridgehead atoms. The number of carbonyl (C=O) groups excluding carboxylic acids is 2. The summed E-state index contributed by atoms with van der Waals surface area (Å²) in [5.41, 5.74) is -0.170. The third kappa shape index (κ3) is 6.36. The van der Waals surface area contributed by atoms with E-state index in [4.69, 9.17) is 39.5 Å². The third-order valence-electron chi connectivity index (χ3n) is 3.44. The van der Waals surface area contributed by atoms with Crippen LogP contribution in [0.15, 0.2) is 48.8 Å². The van der Waals surface area contributed by atoms with E-state index in [0.29, 0.717) is 5.02 Å². The van der Waals surface area contributed by atoms with Crippen molar-refractivity contribution in [2.24, 2.45) is 0 Å². The number of hydrogen-bond acceptors (Lipinski definition) is 6. The third-order valence-corrected chi connectivity index (χ3v) is 4.17. The van der Waals surface area contributed by atoms with Gasteiger partial charge < -0.3 is 20.0 Å². The molecule has 0 aliphatic heterocycles. The average Bonchev–Trinajstić information content (AvgIpc) is 2.62. The normalized spacial score (nSPS) is 9.70. The molecule has 0 saturated carbocycles. The van der Waals surface area contributed by atoms with Gasteiger partial charge >= 0.3 is 18.9 Å². The smallest absolute Gasteiger partial charge is 0.545 e. The maximum atomic E-state index is 12.4. The van der Waals surface area contributed by atoms with Crippen LogP contribution in [0.25, 0.3) is 0 Å². The number of aromatic carboxylic acids is 1. The summed E-state index contributed by atoms with van der Waals surface area (Å²) >= 11 is 17.5. The molecule has 0 spiro atoms. The van der Waals surface area contributed by atoms with E-state index in [1.54, 1.807) is 0 Å². The number of carboxylic acid groups (broad SMARTS) is 1. The number of hydrogen-bond donors (Lipinski definition) is 1. The Morgan fingerprint density at radius 3 is 2.37 bits per heavy atom. The summed E-state index contributed by atoms with van der Waals surface area (Å²) < 4.78 is 5.43. The van der Waals surface area contributed by atoms with Crippen LogP contribution in [0.5, 0.6) is 11.6 Å². The largest absolute Gasteiger partial charge is 1.00 e. The Labute approximate surface area is 199 Å². The summed E-state index contributed by atoms with van der Waals surface area (Å²) in [7, 11) is 0. The SMILES string of the molecule is C.O=C(Nc1ccc(Oc2cncc(Cl)n2)cc1C(=O)[O-])c1ccc(Cl)cc1Cl.[Li+]. The quantitative estimate of drug-likeness (QED) is 0.579. The van der Waals surface area contributed by atoms with Gasteiger partial charge in [-0.05, 0) is 36.4 Å². The Morgan fingerprint density at radius 1 is 1.00 bits per heavy atom. The van der Waals surface area contributed by atoms with E-state index in [1.165, 1.54) is 48.8 Å². The second kappa shape index (κ2) is 11.2. The number of ether oxygens (including phenoxy) is 1. The monoisotopic (exact) mass is 459 g/mol. The summed E-state index contributed by atoms with van der Waals surface area (Å²) in [6.45, 7) is 0. The minimum Gasteiger partial charge on any atom is -0.545 e. The fourth-order valence-corrected chi connectivity index (χ4v) is 2.86. The molecule has 150 valence electrons. The molecule has 1 N–H and O–H groups in total.